The minimum atomic E-state index is -0.623. The predicted octanol–water partition coefficient (Wildman–Crippen LogP) is 2.13. The second-order valence-electron chi connectivity index (χ2n) is 6.72. The van der Waals surface area contributed by atoms with Crippen molar-refractivity contribution >= 4 is 35.3 Å². The van der Waals surface area contributed by atoms with Gasteiger partial charge in [-0.3, -0.25) is 14.8 Å². The molecule has 0 aliphatic carbocycles. The van der Waals surface area contributed by atoms with Crippen molar-refractivity contribution in [2.45, 2.75) is 6.61 Å². The molecule has 0 atom stereocenters. The minimum Gasteiger partial charge on any atom is -0.484 e. The van der Waals surface area contributed by atoms with Crippen molar-refractivity contribution in [3.63, 3.8) is 0 Å². The van der Waals surface area contributed by atoms with Crippen LogP contribution >= 0.6 is 11.3 Å². The number of thiophene rings is 1. The molecule has 0 radical (unpaired) electrons. The zero-order valence-electron chi connectivity index (χ0n) is 16.7. The lowest BCUT2D eigenvalue weighted by atomic mass is 10.2. The highest BCUT2D eigenvalue weighted by Crippen LogP contribution is 2.14. The van der Waals surface area contributed by atoms with Crippen LogP contribution in [0.15, 0.2) is 47.2 Å². The number of hydrogen-bond donors (Lipinski definition) is 2. The summed E-state index contributed by atoms with van der Waals surface area (Å²) in [6.45, 7) is 1.81. The highest BCUT2D eigenvalue weighted by Gasteiger charge is 2.25. The molecule has 2 heterocycles. The molecule has 1 saturated heterocycles. The summed E-state index contributed by atoms with van der Waals surface area (Å²) in [5.74, 6) is -0.260. The third kappa shape index (κ3) is 6.83. The van der Waals surface area contributed by atoms with Crippen LogP contribution in [0.4, 0.5) is 4.79 Å². The number of nitrogens with one attached hydrogen (secondary N) is 1. The molecule has 1 aliphatic heterocycles. The number of carbonyl (C=O) groups is 3. The molecule has 2 aromatic rings. The molecule has 2 N–H and O–H groups in total. The van der Waals surface area contributed by atoms with E-state index in [9.17, 15) is 14.4 Å². The zero-order valence-corrected chi connectivity index (χ0v) is 17.5. The Balaban J connectivity index is 1.38. The lowest BCUT2D eigenvalue weighted by Crippen LogP contribution is -2.51. The molecule has 164 valence electrons. The molecule has 31 heavy (non-hydrogen) atoms. The number of hydroxylamine groups is 1. The van der Waals surface area contributed by atoms with E-state index in [0.717, 1.165) is 11.1 Å². The number of carbonyl (C=O) groups excluding carboxylic acids is 3. The first-order valence-electron chi connectivity index (χ1n) is 9.60. The first-order valence-corrected chi connectivity index (χ1v) is 10.5. The van der Waals surface area contributed by atoms with Crippen molar-refractivity contribution in [1.29, 1.82) is 0 Å². The molecule has 1 fully saturated rings. The summed E-state index contributed by atoms with van der Waals surface area (Å²) in [5.41, 5.74) is 3.21. The van der Waals surface area contributed by atoms with Gasteiger partial charge in [-0.25, -0.2) is 10.3 Å². The van der Waals surface area contributed by atoms with E-state index in [0.29, 0.717) is 31.9 Å². The van der Waals surface area contributed by atoms with Crippen LogP contribution in [-0.2, 0) is 20.9 Å². The fourth-order valence-electron chi connectivity index (χ4n) is 2.87. The quantitative estimate of drug-likeness (QED) is 0.384. The van der Waals surface area contributed by atoms with Gasteiger partial charge < -0.3 is 19.3 Å². The van der Waals surface area contributed by atoms with Crippen molar-refractivity contribution in [2.24, 2.45) is 0 Å². The first-order chi connectivity index (χ1) is 15.0. The second kappa shape index (κ2) is 11.1. The number of hydrogen-bond acceptors (Lipinski definition) is 7. The fraction of sp³-hybridized carbons (Fsp3) is 0.286. The van der Waals surface area contributed by atoms with Crippen LogP contribution < -0.4 is 10.2 Å². The Morgan fingerprint density at radius 3 is 2.42 bits per heavy atom. The smallest absolute Gasteiger partial charge is 0.410 e. The number of benzene rings is 1. The Bertz CT molecular complexity index is 906. The van der Waals surface area contributed by atoms with Crippen molar-refractivity contribution in [2.75, 3.05) is 32.8 Å². The van der Waals surface area contributed by atoms with Gasteiger partial charge in [0.2, 0.25) is 0 Å². The van der Waals surface area contributed by atoms with Crippen LogP contribution in [0, 0.1) is 0 Å². The minimum absolute atomic E-state index is 0.106. The maximum atomic E-state index is 12.4. The Kier molecular flexibility index (Phi) is 8.02. The summed E-state index contributed by atoms with van der Waals surface area (Å²) in [7, 11) is 0. The number of rotatable bonds is 7. The van der Waals surface area contributed by atoms with Gasteiger partial charge in [0.25, 0.3) is 11.8 Å². The Morgan fingerprint density at radius 2 is 1.77 bits per heavy atom. The van der Waals surface area contributed by atoms with Gasteiger partial charge in [-0.1, -0.05) is 12.1 Å². The maximum absolute atomic E-state index is 12.4. The topological polar surface area (TPSA) is 108 Å². The number of ether oxygens (including phenoxy) is 2. The third-order valence-electron chi connectivity index (χ3n) is 4.61. The monoisotopic (exact) mass is 445 g/mol. The average Bonchev–Trinajstić information content (AvgIpc) is 3.34. The average molecular weight is 445 g/mol. The van der Waals surface area contributed by atoms with Crippen LogP contribution in [0.1, 0.15) is 11.1 Å². The number of piperazine rings is 1. The van der Waals surface area contributed by atoms with E-state index in [1.54, 1.807) is 45.4 Å². The van der Waals surface area contributed by atoms with Crippen LogP contribution in [-0.4, -0.2) is 65.7 Å². The van der Waals surface area contributed by atoms with Crippen LogP contribution in [0.5, 0.6) is 5.75 Å². The zero-order chi connectivity index (χ0) is 22.1. The summed E-state index contributed by atoms with van der Waals surface area (Å²) >= 11 is 1.55. The van der Waals surface area contributed by atoms with Gasteiger partial charge in [-0.15, -0.1) is 0 Å². The highest BCUT2D eigenvalue weighted by atomic mass is 32.1. The summed E-state index contributed by atoms with van der Waals surface area (Å²) in [6.07, 6.45) is 2.35. The van der Waals surface area contributed by atoms with Gasteiger partial charge in [-0.05, 0) is 40.6 Å². The van der Waals surface area contributed by atoms with E-state index in [-0.39, 0.29) is 25.2 Å². The van der Waals surface area contributed by atoms with Gasteiger partial charge in [0.1, 0.15) is 12.4 Å². The molecule has 10 heteroatoms. The number of amides is 3. The molecular formula is C21H23N3O6S. The molecule has 1 aliphatic rings. The van der Waals surface area contributed by atoms with Crippen molar-refractivity contribution in [3.05, 3.63) is 58.3 Å². The summed E-state index contributed by atoms with van der Waals surface area (Å²) < 4.78 is 10.8. The van der Waals surface area contributed by atoms with Crippen LogP contribution in [0.2, 0.25) is 0 Å². The molecule has 9 nitrogen and oxygen atoms in total. The van der Waals surface area contributed by atoms with Crippen molar-refractivity contribution in [1.82, 2.24) is 15.3 Å². The van der Waals surface area contributed by atoms with E-state index in [1.165, 1.54) is 17.6 Å². The van der Waals surface area contributed by atoms with Crippen LogP contribution in [0.25, 0.3) is 6.08 Å². The highest BCUT2D eigenvalue weighted by molar-refractivity contribution is 7.07. The van der Waals surface area contributed by atoms with Crippen LogP contribution in [0.3, 0.4) is 0 Å². The van der Waals surface area contributed by atoms with E-state index in [2.05, 4.69) is 0 Å². The molecule has 0 spiro atoms. The molecule has 1 aromatic carbocycles. The van der Waals surface area contributed by atoms with E-state index >= 15 is 0 Å². The molecule has 1 aromatic heterocycles. The lowest BCUT2D eigenvalue weighted by molar-refractivity contribution is -0.135. The Hall–Kier alpha value is -3.37. The van der Waals surface area contributed by atoms with E-state index < -0.39 is 5.91 Å². The summed E-state index contributed by atoms with van der Waals surface area (Å²) in [5, 5.41) is 12.3. The molecule has 3 rings (SSSR count). The van der Waals surface area contributed by atoms with Gasteiger partial charge in [0.05, 0.1) is 0 Å². The van der Waals surface area contributed by atoms with Gasteiger partial charge in [0, 0.05) is 37.8 Å². The summed E-state index contributed by atoms with van der Waals surface area (Å²) in [6, 6.07) is 8.73. The Morgan fingerprint density at radius 1 is 1.06 bits per heavy atom. The standard InChI is InChI=1S/C21H23N3O6S/c25-19(22-28)6-3-16-1-4-18(5-2-16)29-14-20(26)23-8-10-24(11-9-23)21(27)30-13-17-7-12-31-15-17/h1-7,12,15,28H,8-11,13-14H2,(H,22,25)/b6-3+. The molecule has 0 unspecified atom stereocenters. The lowest BCUT2D eigenvalue weighted by Gasteiger charge is -2.34. The predicted molar refractivity (Wildman–Crippen MR) is 114 cm³/mol. The molecule has 0 saturated carbocycles. The first kappa shape index (κ1) is 22.3. The molecule has 3 amide bonds. The summed E-state index contributed by atoms with van der Waals surface area (Å²) in [4.78, 5) is 38.8. The molecular weight excluding hydrogens is 422 g/mol. The largest absolute Gasteiger partial charge is 0.484 e. The maximum Gasteiger partial charge on any atom is 0.410 e. The molecule has 0 bridgehead atoms. The fourth-order valence-corrected chi connectivity index (χ4v) is 3.52. The SMILES string of the molecule is O=C(/C=C/c1ccc(OCC(=O)N2CCN(C(=O)OCc3ccsc3)CC2)cc1)NO. The second-order valence-corrected chi connectivity index (χ2v) is 7.50. The van der Waals surface area contributed by atoms with E-state index in [4.69, 9.17) is 14.7 Å². The van der Waals surface area contributed by atoms with E-state index in [1.807, 2.05) is 16.8 Å². The normalized spacial score (nSPS) is 13.8. The third-order valence-corrected chi connectivity index (χ3v) is 5.34. The number of nitrogens with zero attached hydrogens (tertiary/aromatic N) is 2. The van der Waals surface area contributed by atoms with Gasteiger partial charge in [-0.2, -0.15) is 11.3 Å². The van der Waals surface area contributed by atoms with Gasteiger partial charge in [0.15, 0.2) is 6.61 Å². The van der Waals surface area contributed by atoms with Crippen molar-refractivity contribution < 1.29 is 29.1 Å². The van der Waals surface area contributed by atoms with Gasteiger partial charge >= 0.3 is 6.09 Å². The Labute approximate surface area is 183 Å². The van der Waals surface area contributed by atoms with Crippen molar-refractivity contribution in [3.8, 4) is 5.75 Å².